The number of thiazole rings is 1. The molecule has 6 nitrogen and oxygen atoms in total. The van der Waals surface area contributed by atoms with Crippen LogP contribution in [0.5, 0.6) is 0 Å². The van der Waals surface area contributed by atoms with Crippen LogP contribution in [-0.2, 0) is 32.3 Å². The number of carbonyl (C=O) groups excluding carboxylic acids is 1. The second kappa shape index (κ2) is 7.83. The van der Waals surface area contributed by atoms with Crippen LogP contribution in [0.1, 0.15) is 4.88 Å². The third-order valence-corrected chi connectivity index (χ3v) is 6.76. The van der Waals surface area contributed by atoms with E-state index in [1.54, 1.807) is 25.3 Å². The molecule has 3 aromatic rings. The highest BCUT2D eigenvalue weighted by molar-refractivity contribution is 7.90. The number of nitrogens with zero attached hydrogens (tertiary/aromatic N) is 2. The minimum Gasteiger partial charge on any atom is -0.383 e. The van der Waals surface area contributed by atoms with E-state index in [1.165, 1.54) is 28.9 Å². The number of fused-ring (bicyclic) bond motifs is 1. The fraction of sp³-hybridized carbons (Fsp3) is 0.294. The van der Waals surface area contributed by atoms with Gasteiger partial charge >= 0.3 is 0 Å². The third kappa shape index (κ3) is 4.29. The Bertz CT molecular complexity index is 1090. The van der Waals surface area contributed by atoms with Crippen LogP contribution in [0.25, 0.3) is 10.2 Å². The van der Waals surface area contributed by atoms with E-state index in [2.05, 4.69) is 4.99 Å². The lowest BCUT2D eigenvalue weighted by molar-refractivity contribution is -0.117. The number of methoxy groups -OCH3 is 1. The molecular weight excluding hydrogens is 392 g/mol. The van der Waals surface area contributed by atoms with Gasteiger partial charge in [-0.15, -0.1) is 11.3 Å². The van der Waals surface area contributed by atoms with E-state index in [4.69, 9.17) is 4.74 Å². The van der Waals surface area contributed by atoms with Crippen LogP contribution in [0.15, 0.2) is 45.6 Å². The number of carbonyl (C=O) groups is 1. The molecule has 0 aliphatic heterocycles. The summed E-state index contributed by atoms with van der Waals surface area (Å²) >= 11 is 2.82. The molecule has 26 heavy (non-hydrogen) atoms. The molecule has 2 aromatic heterocycles. The molecule has 0 aliphatic rings. The summed E-state index contributed by atoms with van der Waals surface area (Å²) in [5.41, 5.74) is 0.835. The summed E-state index contributed by atoms with van der Waals surface area (Å²) < 4.78 is 31.4. The van der Waals surface area contributed by atoms with Crippen LogP contribution < -0.4 is 4.80 Å². The topological polar surface area (TPSA) is 77.7 Å². The first-order chi connectivity index (χ1) is 12.4. The molecule has 0 aliphatic carbocycles. The van der Waals surface area contributed by atoms with Gasteiger partial charge in [-0.3, -0.25) is 4.79 Å². The zero-order chi connectivity index (χ0) is 18.7. The molecular formula is C17H18N2O4S3. The molecule has 0 unspecified atom stereocenters. The maximum absolute atomic E-state index is 12.3. The number of hydrogen-bond donors (Lipinski definition) is 0. The number of hydrogen-bond acceptors (Lipinski definition) is 6. The zero-order valence-electron chi connectivity index (χ0n) is 14.3. The molecule has 9 heteroatoms. The Labute approximate surface area is 159 Å². The van der Waals surface area contributed by atoms with Crippen LogP contribution in [0, 0.1) is 0 Å². The minimum atomic E-state index is -3.30. The molecule has 0 spiro atoms. The number of amides is 1. The molecule has 3 rings (SSSR count). The van der Waals surface area contributed by atoms with Gasteiger partial charge in [-0.1, -0.05) is 17.4 Å². The minimum absolute atomic E-state index is 0.228. The predicted octanol–water partition coefficient (Wildman–Crippen LogP) is 2.48. The SMILES string of the molecule is COCCn1c(=NC(=O)Cc2cccs2)sc2cc(S(C)(=O)=O)ccc21. The third-order valence-electron chi connectivity index (χ3n) is 3.73. The maximum atomic E-state index is 12.3. The Hall–Kier alpha value is -1.81. The monoisotopic (exact) mass is 410 g/mol. The van der Waals surface area contributed by atoms with Crippen molar-refractivity contribution < 1.29 is 17.9 Å². The predicted molar refractivity (Wildman–Crippen MR) is 103 cm³/mol. The fourth-order valence-electron chi connectivity index (χ4n) is 2.48. The van der Waals surface area contributed by atoms with Gasteiger partial charge in [0, 0.05) is 24.8 Å². The largest absolute Gasteiger partial charge is 0.383 e. The number of sulfone groups is 1. The molecule has 0 radical (unpaired) electrons. The van der Waals surface area contributed by atoms with Crippen LogP contribution in [0.4, 0.5) is 0 Å². The average Bonchev–Trinajstić information content (AvgIpc) is 3.19. The smallest absolute Gasteiger partial charge is 0.253 e. The number of benzene rings is 1. The second-order valence-electron chi connectivity index (χ2n) is 5.69. The van der Waals surface area contributed by atoms with E-state index in [0.29, 0.717) is 18.0 Å². The van der Waals surface area contributed by atoms with Crippen molar-refractivity contribution in [1.29, 1.82) is 0 Å². The molecule has 1 aromatic carbocycles. The maximum Gasteiger partial charge on any atom is 0.253 e. The molecule has 0 fully saturated rings. The highest BCUT2D eigenvalue weighted by atomic mass is 32.2. The van der Waals surface area contributed by atoms with Gasteiger partial charge in [0.05, 0.1) is 28.1 Å². The zero-order valence-corrected chi connectivity index (χ0v) is 16.8. The van der Waals surface area contributed by atoms with Gasteiger partial charge in [-0.05, 0) is 29.6 Å². The first kappa shape index (κ1) is 19.0. The molecule has 0 saturated heterocycles. The molecule has 1 amide bonds. The van der Waals surface area contributed by atoms with E-state index in [9.17, 15) is 13.2 Å². The van der Waals surface area contributed by atoms with Crippen LogP contribution in [0.3, 0.4) is 0 Å². The lowest BCUT2D eigenvalue weighted by Crippen LogP contribution is -2.19. The van der Waals surface area contributed by atoms with Crippen molar-refractivity contribution in [3.63, 3.8) is 0 Å². The number of thiophene rings is 1. The Morgan fingerprint density at radius 1 is 1.31 bits per heavy atom. The molecule has 0 atom stereocenters. The van der Waals surface area contributed by atoms with Gasteiger partial charge in [0.1, 0.15) is 0 Å². The van der Waals surface area contributed by atoms with Crippen molar-refractivity contribution >= 4 is 48.6 Å². The van der Waals surface area contributed by atoms with Gasteiger partial charge in [0.25, 0.3) is 5.91 Å². The lowest BCUT2D eigenvalue weighted by Gasteiger charge is -2.05. The first-order valence-electron chi connectivity index (χ1n) is 7.81. The summed E-state index contributed by atoms with van der Waals surface area (Å²) in [7, 11) is -1.69. The van der Waals surface area contributed by atoms with Crippen molar-refractivity contribution in [2.45, 2.75) is 17.9 Å². The van der Waals surface area contributed by atoms with Gasteiger partial charge in [-0.2, -0.15) is 4.99 Å². The van der Waals surface area contributed by atoms with Gasteiger partial charge in [0.15, 0.2) is 14.6 Å². The standard InChI is InChI=1S/C17H18N2O4S3/c1-23-8-7-19-14-6-5-13(26(2,21)22)11-15(14)25-17(19)18-16(20)10-12-4-3-9-24-12/h3-6,9,11H,7-8,10H2,1-2H3. The number of aromatic nitrogens is 1. The Morgan fingerprint density at radius 3 is 2.77 bits per heavy atom. The van der Waals surface area contributed by atoms with Crippen LogP contribution in [-0.4, -0.2) is 38.9 Å². The molecule has 0 N–H and O–H groups in total. The highest BCUT2D eigenvalue weighted by Crippen LogP contribution is 2.22. The molecule has 138 valence electrons. The Kier molecular flexibility index (Phi) is 5.71. The van der Waals surface area contributed by atoms with Crippen molar-refractivity contribution in [2.75, 3.05) is 20.0 Å². The summed E-state index contributed by atoms with van der Waals surface area (Å²) in [5, 5.41) is 1.92. The van der Waals surface area contributed by atoms with Crippen LogP contribution >= 0.6 is 22.7 Å². The Balaban J connectivity index is 2.07. The first-order valence-corrected chi connectivity index (χ1v) is 11.4. The lowest BCUT2D eigenvalue weighted by atomic mass is 10.3. The number of rotatable bonds is 6. The second-order valence-corrected chi connectivity index (χ2v) is 9.75. The fourth-order valence-corrected chi connectivity index (χ4v) is 5.01. The number of ether oxygens (including phenoxy) is 1. The van der Waals surface area contributed by atoms with E-state index in [-0.39, 0.29) is 17.2 Å². The van der Waals surface area contributed by atoms with E-state index in [1.807, 2.05) is 22.1 Å². The van der Waals surface area contributed by atoms with Crippen LogP contribution in [0.2, 0.25) is 0 Å². The van der Waals surface area contributed by atoms with E-state index >= 15 is 0 Å². The summed E-state index contributed by atoms with van der Waals surface area (Å²) in [6, 6.07) is 8.76. The average molecular weight is 411 g/mol. The van der Waals surface area contributed by atoms with E-state index < -0.39 is 9.84 Å². The Morgan fingerprint density at radius 2 is 2.12 bits per heavy atom. The van der Waals surface area contributed by atoms with Crippen molar-refractivity contribution in [2.24, 2.45) is 4.99 Å². The normalized spacial score (nSPS) is 12.8. The van der Waals surface area contributed by atoms with Gasteiger partial charge in [0.2, 0.25) is 0 Å². The van der Waals surface area contributed by atoms with Gasteiger partial charge in [-0.25, -0.2) is 8.42 Å². The summed E-state index contributed by atoms with van der Waals surface area (Å²) in [4.78, 5) is 18.3. The molecule has 2 heterocycles. The summed E-state index contributed by atoms with van der Waals surface area (Å²) in [6.45, 7) is 0.992. The quantitative estimate of drug-likeness (QED) is 0.625. The highest BCUT2D eigenvalue weighted by Gasteiger charge is 2.13. The van der Waals surface area contributed by atoms with Gasteiger partial charge < -0.3 is 9.30 Å². The van der Waals surface area contributed by atoms with Crippen molar-refractivity contribution in [3.05, 3.63) is 45.4 Å². The van der Waals surface area contributed by atoms with Crippen molar-refractivity contribution in [1.82, 2.24) is 4.57 Å². The summed E-state index contributed by atoms with van der Waals surface area (Å²) in [6.07, 6.45) is 1.43. The summed E-state index contributed by atoms with van der Waals surface area (Å²) in [5.74, 6) is -0.228. The van der Waals surface area contributed by atoms with Crippen molar-refractivity contribution in [3.8, 4) is 0 Å². The molecule has 0 bridgehead atoms. The van der Waals surface area contributed by atoms with E-state index in [0.717, 1.165) is 15.1 Å². The molecule has 0 saturated carbocycles.